The van der Waals surface area contributed by atoms with Crippen LogP contribution in [0.2, 0.25) is 0 Å². The SMILES string of the molecule is COc1ccccc1Nc1nnc(SCC(=O)N(C)C)s1. The van der Waals surface area contributed by atoms with Crippen LogP contribution in [-0.2, 0) is 4.79 Å². The lowest BCUT2D eigenvalue weighted by molar-refractivity contribution is -0.125. The summed E-state index contributed by atoms with van der Waals surface area (Å²) in [4.78, 5) is 13.1. The van der Waals surface area contributed by atoms with Crippen molar-refractivity contribution in [2.75, 3.05) is 32.3 Å². The van der Waals surface area contributed by atoms with Crippen LogP contribution in [0.4, 0.5) is 10.8 Å². The van der Waals surface area contributed by atoms with Crippen LogP contribution in [0.3, 0.4) is 0 Å². The van der Waals surface area contributed by atoms with E-state index in [1.165, 1.54) is 23.1 Å². The Kier molecular flexibility index (Phi) is 5.40. The summed E-state index contributed by atoms with van der Waals surface area (Å²) in [5.41, 5.74) is 0.831. The largest absolute Gasteiger partial charge is 0.495 e. The molecule has 112 valence electrons. The van der Waals surface area contributed by atoms with Crippen molar-refractivity contribution in [1.82, 2.24) is 15.1 Å². The van der Waals surface area contributed by atoms with Crippen molar-refractivity contribution in [3.63, 3.8) is 0 Å². The van der Waals surface area contributed by atoms with Gasteiger partial charge in [-0.3, -0.25) is 4.79 Å². The normalized spacial score (nSPS) is 10.2. The van der Waals surface area contributed by atoms with Gasteiger partial charge in [-0.1, -0.05) is 35.2 Å². The summed E-state index contributed by atoms with van der Waals surface area (Å²) in [5.74, 6) is 1.15. The van der Waals surface area contributed by atoms with Gasteiger partial charge in [0.05, 0.1) is 18.6 Å². The lowest BCUT2D eigenvalue weighted by atomic mass is 10.3. The summed E-state index contributed by atoms with van der Waals surface area (Å²) in [5, 5.41) is 12.0. The summed E-state index contributed by atoms with van der Waals surface area (Å²) >= 11 is 2.78. The molecule has 1 aromatic carbocycles. The third-order valence-electron chi connectivity index (χ3n) is 2.57. The van der Waals surface area contributed by atoms with Gasteiger partial charge >= 0.3 is 0 Å². The van der Waals surface area contributed by atoms with Gasteiger partial charge in [0.15, 0.2) is 4.34 Å². The molecule has 1 aromatic heterocycles. The van der Waals surface area contributed by atoms with Crippen molar-refractivity contribution < 1.29 is 9.53 Å². The predicted octanol–water partition coefficient (Wildman–Crippen LogP) is 2.47. The van der Waals surface area contributed by atoms with Gasteiger partial charge < -0.3 is 15.0 Å². The number of hydrogen-bond acceptors (Lipinski definition) is 7. The molecule has 0 radical (unpaired) electrons. The van der Waals surface area contributed by atoms with Gasteiger partial charge in [0.2, 0.25) is 11.0 Å². The number of amides is 1. The van der Waals surface area contributed by atoms with Crippen molar-refractivity contribution >= 4 is 39.8 Å². The quantitative estimate of drug-likeness (QED) is 0.823. The highest BCUT2D eigenvalue weighted by Gasteiger charge is 2.10. The van der Waals surface area contributed by atoms with Gasteiger partial charge in [0, 0.05) is 14.1 Å². The molecule has 0 saturated carbocycles. The molecule has 0 aliphatic heterocycles. The van der Waals surface area contributed by atoms with Gasteiger partial charge in [-0.2, -0.15) is 0 Å². The first-order valence-electron chi connectivity index (χ1n) is 6.16. The third-order valence-corrected chi connectivity index (χ3v) is 4.53. The number of carbonyl (C=O) groups excluding carboxylic acids is 1. The smallest absolute Gasteiger partial charge is 0.232 e. The van der Waals surface area contributed by atoms with Gasteiger partial charge in [-0.15, -0.1) is 10.2 Å². The maximum absolute atomic E-state index is 11.5. The van der Waals surface area contributed by atoms with Gasteiger partial charge in [0.25, 0.3) is 0 Å². The molecular formula is C13H16N4O2S2. The van der Waals surface area contributed by atoms with E-state index in [9.17, 15) is 4.79 Å². The van der Waals surface area contributed by atoms with E-state index in [-0.39, 0.29) is 5.91 Å². The number of thioether (sulfide) groups is 1. The van der Waals surface area contributed by atoms with Gasteiger partial charge in [-0.25, -0.2) is 0 Å². The first-order valence-corrected chi connectivity index (χ1v) is 7.97. The van der Waals surface area contributed by atoms with E-state index in [1.54, 1.807) is 26.1 Å². The second-order valence-electron chi connectivity index (χ2n) is 4.28. The highest BCUT2D eigenvalue weighted by atomic mass is 32.2. The molecule has 1 N–H and O–H groups in total. The lowest BCUT2D eigenvalue weighted by Gasteiger charge is -2.08. The molecule has 2 aromatic rings. The number of anilines is 2. The molecule has 1 amide bonds. The number of rotatable bonds is 6. The Hall–Kier alpha value is -1.80. The number of methoxy groups -OCH3 is 1. The Morgan fingerprint density at radius 1 is 1.38 bits per heavy atom. The Morgan fingerprint density at radius 2 is 2.14 bits per heavy atom. The molecule has 2 rings (SSSR count). The molecule has 21 heavy (non-hydrogen) atoms. The summed E-state index contributed by atoms with van der Waals surface area (Å²) in [6.45, 7) is 0. The van der Waals surface area contributed by atoms with Crippen LogP contribution in [0.15, 0.2) is 28.6 Å². The number of carbonyl (C=O) groups is 1. The monoisotopic (exact) mass is 324 g/mol. The molecule has 8 heteroatoms. The first-order chi connectivity index (χ1) is 10.1. The Bertz CT molecular complexity index is 616. The van der Waals surface area contributed by atoms with Crippen LogP contribution in [-0.4, -0.2) is 48.0 Å². The van der Waals surface area contributed by atoms with Crippen LogP contribution in [0.1, 0.15) is 0 Å². The number of ether oxygens (including phenoxy) is 1. The maximum atomic E-state index is 11.5. The van der Waals surface area contributed by atoms with E-state index in [0.717, 1.165) is 15.8 Å². The molecule has 6 nitrogen and oxygen atoms in total. The van der Waals surface area contributed by atoms with Crippen molar-refractivity contribution in [2.24, 2.45) is 0 Å². The minimum atomic E-state index is 0.0504. The third kappa shape index (κ3) is 4.33. The minimum absolute atomic E-state index is 0.0504. The molecule has 0 unspecified atom stereocenters. The number of nitrogens with one attached hydrogen (secondary N) is 1. The number of para-hydroxylation sites is 2. The predicted molar refractivity (Wildman–Crippen MR) is 85.6 cm³/mol. The molecule has 1 heterocycles. The fourth-order valence-electron chi connectivity index (χ4n) is 1.43. The summed E-state index contributed by atoms with van der Waals surface area (Å²) < 4.78 is 6.02. The van der Waals surface area contributed by atoms with Gasteiger partial charge in [-0.05, 0) is 12.1 Å². The average Bonchev–Trinajstić information content (AvgIpc) is 2.92. The van der Waals surface area contributed by atoms with E-state index in [4.69, 9.17) is 4.74 Å². The van der Waals surface area contributed by atoms with Crippen LogP contribution >= 0.6 is 23.1 Å². The van der Waals surface area contributed by atoms with Crippen molar-refractivity contribution in [3.05, 3.63) is 24.3 Å². The van der Waals surface area contributed by atoms with Crippen molar-refractivity contribution in [1.29, 1.82) is 0 Å². The highest BCUT2D eigenvalue weighted by molar-refractivity contribution is 8.01. The Balaban J connectivity index is 1.98. The average molecular weight is 324 g/mol. The second-order valence-corrected chi connectivity index (χ2v) is 6.48. The standard InChI is InChI=1S/C13H16N4O2S2/c1-17(2)11(18)8-20-13-16-15-12(21-13)14-9-6-4-5-7-10(9)19-3/h4-7H,8H2,1-3H3,(H,14,15). The van der Waals surface area contributed by atoms with Crippen LogP contribution in [0.5, 0.6) is 5.75 Å². The summed E-state index contributed by atoms with van der Waals surface area (Å²) in [6, 6.07) is 7.59. The first kappa shape index (κ1) is 15.6. The zero-order chi connectivity index (χ0) is 15.2. The maximum Gasteiger partial charge on any atom is 0.232 e. The molecule has 0 saturated heterocycles. The Morgan fingerprint density at radius 3 is 2.86 bits per heavy atom. The number of hydrogen-bond donors (Lipinski definition) is 1. The van der Waals surface area contributed by atoms with E-state index >= 15 is 0 Å². The van der Waals surface area contributed by atoms with E-state index < -0.39 is 0 Å². The van der Waals surface area contributed by atoms with Crippen molar-refractivity contribution in [2.45, 2.75) is 4.34 Å². The fraction of sp³-hybridized carbons (Fsp3) is 0.308. The summed E-state index contributed by atoms with van der Waals surface area (Å²) in [7, 11) is 5.09. The van der Waals surface area contributed by atoms with Crippen LogP contribution in [0.25, 0.3) is 0 Å². The van der Waals surface area contributed by atoms with Gasteiger partial charge in [0.1, 0.15) is 5.75 Å². The Labute approximate surface area is 131 Å². The zero-order valence-corrected chi connectivity index (χ0v) is 13.6. The molecule has 0 aliphatic rings. The molecule has 0 atom stereocenters. The number of nitrogens with zero attached hydrogens (tertiary/aromatic N) is 3. The van der Waals surface area contributed by atoms with E-state index in [1.807, 2.05) is 24.3 Å². The molecule has 0 aliphatic carbocycles. The van der Waals surface area contributed by atoms with E-state index in [2.05, 4.69) is 15.5 Å². The number of aromatic nitrogens is 2. The molecule has 0 spiro atoms. The fourth-order valence-corrected chi connectivity index (χ4v) is 3.18. The van der Waals surface area contributed by atoms with Crippen molar-refractivity contribution in [3.8, 4) is 5.75 Å². The summed E-state index contributed by atoms with van der Waals surface area (Å²) in [6.07, 6.45) is 0. The lowest BCUT2D eigenvalue weighted by Crippen LogP contribution is -2.23. The topological polar surface area (TPSA) is 67.3 Å². The molecular weight excluding hydrogens is 308 g/mol. The molecule has 0 bridgehead atoms. The second kappa shape index (κ2) is 7.28. The highest BCUT2D eigenvalue weighted by Crippen LogP contribution is 2.31. The van der Waals surface area contributed by atoms with Crippen LogP contribution < -0.4 is 10.1 Å². The van der Waals surface area contributed by atoms with E-state index in [0.29, 0.717) is 10.9 Å². The van der Waals surface area contributed by atoms with Crippen LogP contribution in [0, 0.1) is 0 Å². The zero-order valence-electron chi connectivity index (χ0n) is 12.0. The molecule has 0 fully saturated rings. The minimum Gasteiger partial charge on any atom is -0.495 e. The number of benzene rings is 1.